The van der Waals surface area contributed by atoms with Crippen molar-refractivity contribution in [1.29, 1.82) is 0 Å². The van der Waals surface area contributed by atoms with Gasteiger partial charge in [0.25, 0.3) is 0 Å². The van der Waals surface area contributed by atoms with E-state index in [2.05, 4.69) is 15.2 Å². The zero-order valence-electron chi connectivity index (χ0n) is 11.3. The van der Waals surface area contributed by atoms with Crippen LogP contribution in [0.15, 0.2) is 29.3 Å². The summed E-state index contributed by atoms with van der Waals surface area (Å²) in [5.41, 5.74) is 6.99. The van der Waals surface area contributed by atoms with Crippen LogP contribution in [0.2, 0.25) is 0 Å². The van der Waals surface area contributed by atoms with Gasteiger partial charge in [-0.1, -0.05) is 6.07 Å². The third kappa shape index (κ3) is 4.51. The minimum absolute atomic E-state index is 0.00153. The number of amidine groups is 1. The van der Waals surface area contributed by atoms with Gasteiger partial charge in [-0.05, 0) is 44.1 Å². The molecule has 0 atom stereocenters. The summed E-state index contributed by atoms with van der Waals surface area (Å²) in [7, 11) is 0. The number of carbonyl (C=O) groups excluding carboxylic acids is 1. The van der Waals surface area contributed by atoms with Gasteiger partial charge in [-0.3, -0.25) is 9.69 Å². The maximum atomic E-state index is 11.9. The summed E-state index contributed by atoms with van der Waals surface area (Å²) in [5, 5.41) is 2.88. The predicted molar refractivity (Wildman–Crippen MR) is 82.7 cm³/mol. The molecule has 3 N–H and O–H groups in total. The summed E-state index contributed by atoms with van der Waals surface area (Å²) in [6.45, 7) is 2.45. The van der Waals surface area contributed by atoms with Crippen molar-refractivity contribution >= 4 is 34.7 Å². The second-order valence-corrected chi connectivity index (χ2v) is 5.09. The first kappa shape index (κ1) is 14.8. The van der Waals surface area contributed by atoms with Gasteiger partial charge in [-0.2, -0.15) is 0 Å². The molecule has 1 fully saturated rings. The summed E-state index contributed by atoms with van der Waals surface area (Å²) in [4.78, 5) is 18.2. The van der Waals surface area contributed by atoms with E-state index in [4.69, 9.17) is 17.3 Å². The number of nitrogens with zero attached hydrogens (tertiary/aromatic N) is 2. The van der Waals surface area contributed by atoms with Crippen molar-refractivity contribution in [1.82, 2.24) is 4.90 Å². The Hall–Kier alpha value is -1.59. The average molecular weight is 295 g/mol. The smallest absolute Gasteiger partial charge is 0.238 e. The topological polar surface area (TPSA) is 70.7 Å². The monoisotopic (exact) mass is 294 g/mol. The Labute approximate surface area is 123 Å². The molecule has 1 aromatic rings. The molecule has 0 spiro atoms. The SMILES string of the molecule is NC(CCl)=Nc1cccc(NC(=O)CN2CCCC2)c1. The molecule has 1 amide bonds. The number of alkyl halides is 1. The van der Waals surface area contributed by atoms with E-state index in [0.717, 1.165) is 18.8 Å². The highest BCUT2D eigenvalue weighted by Crippen LogP contribution is 2.18. The number of hydrogen-bond acceptors (Lipinski definition) is 3. The van der Waals surface area contributed by atoms with Gasteiger partial charge in [0.2, 0.25) is 5.91 Å². The number of halogens is 1. The van der Waals surface area contributed by atoms with Gasteiger partial charge < -0.3 is 11.1 Å². The van der Waals surface area contributed by atoms with E-state index in [9.17, 15) is 4.79 Å². The van der Waals surface area contributed by atoms with Crippen molar-refractivity contribution in [2.24, 2.45) is 10.7 Å². The van der Waals surface area contributed by atoms with E-state index in [1.165, 1.54) is 12.8 Å². The number of hydrogen-bond donors (Lipinski definition) is 2. The molecule has 5 nitrogen and oxygen atoms in total. The number of likely N-dealkylation sites (tertiary alicyclic amines) is 1. The Morgan fingerprint density at radius 2 is 2.15 bits per heavy atom. The largest absolute Gasteiger partial charge is 0.386 e. The molecule has 0 unspecified atom stereocenters. The van der Waals surface area contributed by atoms with Crippen molar-refractivity contribution < 1.29 is 4.79 Å². The van der Waals surface area contributed by atoms with Crippen LogP contribution in [0.1, 0.15) is 12.8 Å². The summed E-state index contributed by atoms with van der Waals surface area (Å²) in [6.07, 6.45) is 2.35. The first-order valence-corrected chi connectivity index (χ1v) is 7.22. The van der Waals surface area contributed by atoms with Gasteiger partial charge in [0.05, 0.1) is 18.1 Å². The quantitative estimate of drug-likeness (QED) is 0.495. The molecular formula is C14H19ClN4O. The summed E-state index contributed by atoms with van der Waals surface area (Å²) < 4.78 is 0. The predicted octanol–water partition coefficient (Wildman–Crippen LogP) is 1.95. The van der Waals surface area contributed by atoms with E-state index in [-0.39, 0.29) is 11.8 Å². The molecule has 108 valence electrons. The molecule has 0 saturated carbocycles. The average Bonchev–Trinajstić information content (AvgIpc) is 2.91. The fourth-order valence-electron chi connectivity index (χ4n) is 2.19. The highest BCUT2D eigenvalue weighted by atomic mass is 35.5. The molecular weight excluding hydrogens is 276 g/mol. The third-order valence-corrected chi connectivity index (χ3v) is 3.38. The van der Waals surface area contributed by atoms with Crippen molar-refractivity contribution in [2.75, 3.05) is 30.8 Å². The van der Waals surface area contributed by atoms with Crippen LogP contribution in [0, 0.1) is 0 Å². The van der Waals surface area contributed by atoms with Crippen LogP contribution in [0.5, 0.6) is 0 Å². The third-order valence-electron chi connectivity index (χ3n) is 3.11. The van der Waals surface area contributed by atoms with E-state index in [1.54, 1.807) is 6.07 Å². The molecule has 6 heteroatoms. The molecule has 1 saturated heterocycles. The first-order chi connectivity index (χ1) is 9.67. The normalized spacial score (nSPS) is 16.4. The Balaban J connectivity index is 1.95. The van der Waals surface area contributed by atoms with Gasteiger partial charge >= 0.3 is 0 Å². The molecule has 1 aromatic carbocycles. The minimum Gasteiger partial charge on any atom is -0.386 e. The van der Waals surface area contributed by atoms with Crippen LogP contribution < -0.4 is 11.1 Å². The standard InChI is InChI=1S/C14H19ClN4O/c15-9-13(16)17-11-4-3-5-12(8-11)18-14(20)10-19-6-1-2-7-19/h3-5,8H,1-2,6-7,9-10H2,(H2,16,17)(H,18,20). The molecule has 20 heavy (non-hydrogen) atoms. The molecule has 2 rings (SSSR count). The lowest BCUT2D eigenvalue weighted by molar-refractivity contribution is -0.117. The van der Waals surface area contributed by atoms with E-state index >= 15 is 0 Å². The van der Waals surface area contributed by atoms with Crippen molar-refractivity contribution in [3.05, 3.63) is 24.3 Å². The lowest BCUT2D eigenvalue weighted by Crippen LogP contribution is -2.30. The second kappa shape index (κ2) is 7.26. The van der Waals surface area contributed by atoms with E-state index < -0.39 is 0 Å². The molecule has 1 aliphatic heterocycles. The lowest BCUT2D eigenvalue weighted by atomic mass is 10.2. The number of benzene rings is 1. The number of amides is 1. The summed E-state index contributed by atoms with van der Waals surface area (Å²) in [6, 6.07) is 7.25. The highest BCUT2D eigenvalue weighted by molar-refractivity contribution is 6.28. The van der Waals surface area contributed by atoms with E-state index in [1.807, 2.05) is 18.2 Å². The second-order valence-electron chi connectivity index (χ2n) is 4.82. The van der Waals surface area contributed by atoms with Gasteiger partial charge in [0.15, 0.2) is 0 Å². The maximum Gasteiger partial charge on any atom is 0.238 e. The number of rotatable bonds is 5. The molecule has 1 aliphatic rings. The Morgan fingerprint density at radius 1 is 1.40 bits per heavy atom. The van der Waals surface area contributed by atoms with Gasteiger partial charge in [-0.25, -0.2) is 4.99 Å². The molecule has 0 bridgehead atoms. The molecule has 1 heterocycles. The number of nitrogens with one attached hydrogen (secondary N) is 1. The van der Waals surface area contributed by atoms with Crippen LogP contribution in [0.25, 0.3) is 0 Å². The summed E-state index contributed by atoms with van der Waals surface area (Å²) >= 11 is 5.59. The van der Waals surface area contributed by atoms with Crippen LogP contribution in [-0.2, 0) is 4.79 Å². The fourth-order valence-corrected chi connectivity index (χ4v) is 2.25. The van der Waals surface area contributed by atoms with Gasteiger partial charge in [-0.15, -0.1) is 11.6 Å². The molecule has 0 aromatic heterocycles. The molecule has 0 aliphatic carbocycles. The molecule has 0 radical (unpaired) electrons. The Kier molecular flexibility index (Phi) is 5.38. The van der Waals surface area contributed by atoms with Crippen LogP contribution >= 0.6 is 11.6 Å². The van der Waals surface area contributed by atoms with Crippen molar-refractivity contribution in [2.45, 2.75) is 12.8 Å². The summed E-state index contributed by atoms with van der Waals surface area (Å²) in [5.74, 6) is 0.538. The van der Waals surface area contributed by atoms with Crippen LogP contribution in [-0.4, -0.2) is 42.2 Å². The Bertz CT molecular complexity index is 498. The highest BCUT2D eigenvalue weighted by Gasteiger charge is 2.14. The van der Waals surface area contributed by atoms with Gasteiger partial charge in [0.1, 0.15) is 5.84 Å². The zero-order chi connectivity index (χ0) is 14.4. The maximum absolute atomic E-state index is 11.9. The van der Waals surface area contributed by atoms with Gasteiger partial charge in [0, 0.05) is 5.69 Å². The zero-order valence-corrected chi connectivity index (χ0v) is 12.1. The minimum atomic E-state index is -0.00153. The number of aliphatic imine (C=N–C) groups is 1. The van der Waals surface area contributed by atoms with E-state index in [0.29, 0.717) is 18.1 Å². The first-order valence-electron chi connectivity index (χ1n) is 6.68. The van der Waals surface area contributed by atoms with Crippen LogP contribution in [0.4, 0.5) is 11.4 Å². The van der Waals surface area contributed by atoms with Crippen molar-refractivity contribution in [3.63, 3.8) is 0 Å². The number of anilines is 1. The van der Waals surface area contributed by atoms with Crippen LogP contribution in [0.3, 0.4) is 0 Å². The number of carbonyl (C=O) groups is 1. The fraction of sp³-hybridized carbons (Fsp3) is 0.429. The Morgan fingerprint density at radius 3 is 2.85 bits per heavy atom. The lowest BCUT2D eigenvalue weighted by Gasteiger charge is -2.14. The number of nitrogens with two attached hydrogens (primary N) is 1. The van der Waals surface area contributed by atoms with Crippen molar-refractivity contribution in [3.8, 4) is 0 Å².